The Morgan fingerprint density at radius 2 is 1.78 bits per heavy atom. The molecule has 6 nitrogen and oxygen atoms in total. The molecular weight excluding hydrogens is 342 g/mol. The van der Waals surface area contributed by atoms with Crippen molar-refractivity contribution < 1.29 is 9.53 Å². The molecule has 0 radical (unpaired) electrons. The summed E-state index contributed by atoms with van der Waals surface area (Å²) < 4.78 is 6.50. The second-order valence-electron chi connectivity index (χ2n) is 6.34. The van der Waals surface area contributed by atoms with E-state index >= 15 is 0 Å². The monoisotopic (exact) mass is 363 g/mol. The van der Waals surface area contributed by atoms with Crippen LogP contribution >= 0.6 is 0 Å². The van der Waals surface area contributed by atoms with E-state index in [2.05, 4.69) is 10.4 Å². The summed E-state index contributed by atoms with van der Waals surface area (Å²) >= 11 is 0. The molecule has 0 aliphatic rings. The average molecular weight is 363 g/mol. The van der Waals surface area contributed by atoms with Gasteiger partial charge in [0.1, 0.15) is 12.3 Å². The lowest BCUT2D eigenvalue weighted by Crippen LogP contribution is -2.29. The lowest BCUT2D eigenvalue weighted by atomic mass is 10.1. The zero-order chi connectivity index (χ0) is 19.4. The molecular formula is C21H21N3O3. The maximum Gasteiger partial charge on any atom is 0.267 e. The number of benzene rings is 2. The third kappa shape index (κ3) is 4.41. The van der Waals surface area contributed by atoms with Crippen molar-refractivity contribution in [3.63, 3.8) is 0 Å². The highest BCUT2D eigenvalue weighted by molar-refractivity contribution is 5.90. The van der Waals surface area contributed by atoms with E-state index in [0.29, 0.717) is 17.1 Å². The van der Waals surface area contributed by atoms with Gasteiger partial charge in [0.25, 0.3) is 5.56 Å². The van der Waals surface area contributed by atoms with Crippen LogP contribution in [0.15, 0.2) is 59.4 Å². The van der Waals surface area contributed by atoms with E-state index in [1.807, 2.05) is 56.3 Å². The Kier molecular flexibility index (Phi) is 5.35. The summed E-state index contributed by atoms with van der Waals surface area (Å²) in [5.74, 6) is 0.335. The zero-order valence-corrected chi connectivity index (χ0v) is 15.5. The predicted octanol–water partition coefficient (Wildman–Crippen LogP) is 3.17. The molecule has 0 bridgehead atoms. The Morgan fingerprint density at radius 3 is 2.48 bits per heavy atom. The van der Waals surface area contributed by atoms with Crippen LogP contribution in [0.3, 0.4) is 0 Å². The fraction of sp³-hybridized carbons (Fsp3) is 0.190. The van der Waals surface area contributed by atoms with E-state index in [1.54, 1.807) is 13.2 Å². The topological polar surface area (TPSA) is 73.2 Å². The smallest absolute Gasteiger partial charge is 0.267 e. The fourth-order valence-electron chi connectivity index (χ4n) is 2.95. The maximum atomic E-state index is 12.4. The van der Waals surface area contributed by atoms with Crippen molar-refractivity contribution in [1.82, 2.24) is 9.78 Å². The van der Waals surface area contributed by atoms with Crippen molar-refractivity contribution in [3.05, 3.63) is 76.1 Å². The average Bonchev–Trinajstić information content (AvgIpc) is 2.62. The van der Waals surface area contributed by atoms with Crippen LogP contribution in [0.4, 0.5) is 5.69 Å². The number of hydrogen-bond acceptors (Lipinski definition) is 4. The molecule has 0 saturated carbocycles. The van der Waals surface area contributed by atoms with Crippen LogP contribution in [-0.2, 0) is 11.3 Å². The van der Waals surface area contributed by atoms with Crippen molar-refractivity contribution >= 4 is 11.6 Å². The minimum Gasteiger partial charge on any atom is -0.496 e. The van der Waals surface area contributed by atoms with Crippen LogP contribution < -0.4 is 15.6 Å². The van der Waals surface area contributed by atoms with E-state index in [4.69, 9.17) is 4.74 Å². The first kappa shape index (κ1) is 18.4. The van der Waals surface area contributed by atoms with Crippen molar-refractivity contribution in [2.24, 2.45) is 0 Å². The molecule has 0 aliphatic carbocycles. The Labute approximate surface area is 157 Å². The maximum absolute atomic E-state index is 12.4. The summed E-state index contributed by atoms with van der Waals surface area (Å²) in [6, 6.07) is 16.2. The second-order valence-corrected chi connectivity index (χ2v) is 6.34. The molecule has 1 heterocycles. The minimum atomic E-state index is -0.343. The standard InChI is InChI=1S/C21H21N3O3/c1-14-10-15(2)12-16(11-14)22-20(25)13-24-21(26)9-8-18(23-24)17-6-4-5-7-19(17)27-3/h4-12H,13H2,1-3H3,(H,22,25). The van der Waals surface area contributed by atoms with E-state index in [1.165, 1.54) is 6.07 Å². The number of amides is 1. The number of aryl methyl sites for hydroxylation is 2. The van der Waals surface area contributed by atoms with Gasteiger partial charge in [-0.25, -0.2) is 4.68 Å². The first-order valence-corrected chi connectivity index (χ1v) is 8.56. The van der Waals surface area contributed by atoms with Gasteiger partial charge in [-0.05, 0) is 55.3 Å². The van der Waals surface area contributed by atoms with Crippen LogP contribution in [0.1, 0.15) is 11.1 Å². The number of carbonyl (C=O) groups excluding carboxylic acids is 1. The molecule has 3 aromatic rings. The predicted molar refractivity (Wildman–Crippen MR) is 105 cm³/mol. The highest BCUT2D eigenvalue weighted by Crippen LogP contribution is 2.27. The number of ether oxygens (including phenoxy) is 1. The van der Waals surface area contributed by atoms with Gasteiger partial charge in [0.05, 0.1) is 12.8 Å². The lowest BCUT2D eigenvalue weighted by molar-refractivity contribution is -0.117. The summed E-state index contributed by atoms with van der Waals surface area (Å²) in [5, 5.41) is 7.15. The van der Waals surface area contributed by atoms with Gasteiger partial charge in [0.2, 0.25) is 5.91 Å². The third-order valence-electron chi connectivity index (χ3n) is 4.05. The largest absolute Gasteiger partial charge is 0.496 e. The van der Waals surface area contributed by atoms with Gasteiger partial charge in [-0.3, -0.25) is 9.59 Å². The number of carbonyl (C=O) groups is 1. The van der Waals surface area contributed by atoms with Gasteiger partial charge in [0.15, 0.2) is 0 Å². The van der Waals surface area contributed by atoms with E-state index < -0.39 is 0 Å². The number of nitrogens with zero attached hydrogens (tertiary/aromatic N) is 2. The number of para-hydroxylation sites is 1. The van der Waals surface area contributed by atoms with Crippen LogP contribution in [0.25, 0.3) is 11.3 Å². The Balaban J connectivity index is 1.84. The van der Waals surface area contributed by atoms with Crippen molar-refractivity contribution in [2.45, 2.75) is 20.4 Å². The number of aromatic nitrogens is 2. The van der Waals surface area contributed by atoms with Crippen LogP contribution in [0, 0.1) is 13.8 Å². The molecule has 3 rings (SSSR count). The Hall–Kier alpha value is -3.41. The fourth-order valence-corrected chi connectivity index (χ4v) is 2.95. The first-order chi connectivity index (χ1) is 13.0. The second kappa shape index (κ2) is 7.86. The first-order valence-electron chi connectivity index (χ1n) is 8.56. The van der Waals surface area contributed by atoms with Crippen molar-refractivity contribution in [3.8, 4) is 17.0 Å². The zero-order valence-electron chi connectivity index (χ0n) is 15.5. The van der Waals surface area contributed by atoms with E-state index in [0.717, 1.165) is 21.4 Å². The van der Waals surface area contributed by atoms with Crippen LogP contribution in [0.5, 0.6) is 5.75 Å². The molecule has 0 unspecified atom stereocenters. The van der Waals surface area contributed by atoms with Gasteiger partial charge >= 0.3 is 0 Å². The highest BCUT2D eigenvalue weighted by Gasteiger charge is 2.11. The number of methoxy groups -OCH3 is 1. The molecule has 1 amide bonds. The number of hydrogen-bond donors (Lipinski definition) is 1. The molecule has 6 heteroatoms. The van der Waals surface area contributed by atoms with Crippen LogP contribution in [-0.4, -0.2) is 22.8 Å². The van der Waals surface area contributed by atoms with Gasteiger partial charge in [-0.2, -0.15) is 5.10 Å². The number of anilines is 1. The Morgan fingerprint density at radius 1 is 1.07 bits per heavy atom. The van der Waals surface area contributed by atoms with E-state index in [-0.39, 0.29) is 18.0 Å². The molecule has 1 N–H and O–H groups in total. The van der Waals surface area contributed by atoms with Crippen LogP contribution in [0.2, 0.25) is 0 Å². The molecule has 0 atom stereocenters. The lowest BCUT2D eigenvalue weighted by Gasteiger charge is -2.11. The molecule has 138 valence electrons. The molecule has 0 saturated heterocycles. The molecule has 1 aromatic heterocycles. The third-order valence-corrected chi connectivity index (χ3v) is 4.05. The summed E-state index contributed by atoms with van der Waals surface area (Å²) in [6.07, 6.45) is 0. The van der Waals surface area contributed by atoms with Gasteiger partial charge in [-0.1, -0.05) is 18.2 Å². The summed E-state index contributed by atoms with van der Waals surface area (Å²) in [5.41, 5.74) is 3.78. The van der Waals surface area contributed by atoms with Crippen molar-refractivity contribution in [1.29, 1.82) is 0 Å². The van der Waals surface area contributed by atoms with Gasteiger partial charge < -0.3 is 10.1 Å². The number of nitrogens with one attached hydrogen (secondary N) is 1. The van der Waals surface area contributed by atoms with Gasteiger partial charge in [0, 0.05) is 17.3 Å². The van der Waals surface area contributed by atoms with Crippen molar-refractivity contribution in [2.75, 3.05) is 12.4 Å². The summed E-state index contributed by atoms with van der Waals surface area (Å²) in [4.78, 5) is 24.5. The molecule has 0 spiro atoms. The number of rotatable bonds is 5. The molecule has 27 heavy (non-hydrogen) atoms. The summed E-state index contributed by atoms with van der Waals surface area (Å²) in [6.45, 7) is 3.76. The Bertz CT molecular complexity index is 1020. The normalized spacial score (nSPS) is 10.5. The van der Waals surface area contributed by atoms with Gasteiger partial charge in [-0.15, -0.1) is 0 Å². The van der Waals surface area contributed by atoms with E-state index in [9.17, 15) is 9.59 Å². The summed E-state index contributed by atoms with van der Waals surface area (Å²) in [7, 11) is 1.58. The minimum absolute atomic E-state index is 0.172. The molecule has 0 aliphatic heterocycles. The SMILES string of the molecule is COc1ccccc1-c1ccc(=O)n(CC(=O)Nc2cc(C)cc(C)c2)n1. The quantitative estimate of drug-likeness (QED) is 0.756. The highest BCUT2D eigenvalue weighted by atomic mass is 16.5. The molecule has 2 aromatic carbocycles. The molecule has 0 fully saturated rings.